The molecular weight excluding hydrogens is 551 g/mol. The van der Waals surface area contributed by atoms with Crippen LogP contribution in [0.25, 0.3) is 11.3 Å². The number of aromatic nitrogens is 2. The number of hydrogen-bond acceptors (Lipinski definition) is 8. The summed E-state index contributed by atoms with van der Waals surface area (Å²) >= 11 is 3.60. The highest BCUT2D eigenvalue weighted by atomic mass is 32.2. The molecule has 2 saturated heterocycles. The first kappa shape index (κ1) is 26.6. The van der Waals surface area contributed by atoms with E-state index in [4.69, 9.17) is 4.74 Å². The fraction of sp³-hybridized carbons (Fsp3) is 0.312. The second-order valence-electron chi connectivity index (χ2n) is 10.8. The van der Waals surface area contributed by atoms with Crippen LogP contribution in [0.3, 0.4) is 0 Å². The standard InChI is InChI=1S/C32H33N5O2S2/c38-31-20-25(37-14-16-39-17-15-37)19-27(35-31)26-2-1-3-29-32(26)41-28-5-4-24(18-30(28)40-29)34-23-8-12-36(13-9-23)21-22-6-10-33-11-7-22/h1-7,10-11,18-20,23,34H,8-9,12-17,21H2,(H,35,38). The molecule has 0 radical (unpaired) electrons. The summed E-state index contributed by atoms with van der Waals surface area (Å²) in [6.45, 7) is 6.17. The summed E-state index contributed by atoms with van der Waals surface area (Å²) in [5.41, 5.74) is 5.33. The van der Waals surface area contributed by atoms with Gasteiger partial charge < -0.3 is 19.9 Å². The van der Waals surface area contributed by atoms with Crippen molar-refractivity contribution in [2.75, 3.05) is 49.6 Å². The van der Waals surface area contributed by atoms with Crippen LogP contribution in [0.1, 0.15) is 18.4 Å². The van der Waals surface area contributed by atoms with Crippen molar-refractivity contribution in [1.82, 2.24) is 14.9 Å². The van der Waals surface area contributed by atoms with Crippen LogP contribution in [0, 0.1) is 0 Å². The van der Waals surface area contributed by atoms with E-state index in [9.17, 15) is 4.79 Å². The van der Waals surface area contributed by atoms with E-state index in [-0.39, 0.29) is 5.56 Å². The van der Waals surface area contributed by atoms with E-state index in [1.165, 1.54) is 30.8 Å². The first-order valence-electron chi connectivity index (χ1n) is 14.3. The molecule has 0 unspecified atom stereocenters. The Bertz CT molecular complexity index is 1580. The van der Waals surface area contributed by atoms with Crippen molar-refractivity contribution in [2.45, 2.75) is 45.0 Å². The average molecular weight is 584 g/mol. The molecular formula is C32H33N5O2S2. The summed E-state index contributed by atoms with van der Waals surface area (Å²) in [6.07, 6.45) is 6.02. The number of ether oxygens (including phenoxy) is 1. The lowest BCUT2D eigenvalue weighted by atomic mass is 10.0. The number of H-pyrrole nitrogens is 1. The number of hydrogen-bond donors (Lipinski definition) is 2. The van der Waals surface area contributed by atoms with Crippen molar-refractivity contribution in [3.8, 4) is 11.3 Å². The largest absolute Gasteiger partial charge is 0.382 e. The minimum atomic E-state index is -0.0747. The van der Waals surface area contributed by atoms with Gasteiger partial charge in [0.05, 0.1) is 18.9 Å². The molecule has 9 heteroatoms. The van der Waals surface area contributed by atoms with Gasteiger partial charge in [0, 0.05) is 93.7 Å². The Morgan fingerprint density at radius 3 is 2.56 bits per heavy atom. The molecule has 0 atom stereocenters. The Labute approximate surface area is 248 Å². The number of piperidine rings is 1. The maximum Gasteiger partial charge on any atom is 0.250 e. The third-order valence-electron chi connectivity index (χ3n) is 7.96. The molecule has 4 aromatic rings. The molecule has 210 valence electrons. The van der Waals surface area contributed by atoms with Crippen LogP contribution in [0.15, 0.2) is 97.4 Å². The third kappa shape index (κ3) is 6.04. The van der Waals surface area contributed by atoms with Crippen molar-refractivity contribution < 1.29 is 4.74 Å². The quantitative estimate of drug-likeness (QED) is 0.254. The van der Waals surface area contributed by atoms with Crippen LogP contribution >= 0.6 is 23.5 Å². The fourth-order valence-corrected chi connectivity index (χ4v) is 8.21. The molecule has 5 heterocycles. The summed E-state index contributed by atoms with van der Waals surface area (Å²) in [5, 5.41) is 3.81. The summed E-state index contributed by atoms with van der Waals surface area (Å²) < 4.78 is 5.51. The van der Waals surface area contributed by atoms with Crippen molar-refractivity contribution in [1.29, 1.82) is 0 Å². The maximum absolute atomic E-state index is 12.7. The Balaban J connectivity index is 1.05. The number of morpholine rings is 1. The Kier molecular flexibility index (Phi) is 7.76. The number of rotatable bonds is 6. The van der Waals surface area contributed by atoms with Crippen molar-refractivity contribution in [3.05, 3.63) is 89.0 Å². The van der Waals surface area contributed by atoms with Gasteiger partial charge >= 0.3 is 0 Å². The SMILES string of the molecule is O=c1cc(N2CCOCC2)cc(-c2cccc3c2Sc2ccc(NC4CCN(Cc5ccncc5)CC4)cc2S3)[nH]1. The maximum atomic E-state index is 12.7. The van der Waals surface area contributed by atoms with Gasteiger partial charge in [0.15, 0.2) is 0 Å². The minimum absolute atomic E-state index is 0.0747. The van der Waals surface area contributed by atoms with Crippen LogP contribution in [0.5, 0.6) is 0 Å². The second kappa shape index (κ2) is 11.9. The zero-order valence-electron chi connectivity index (χ0n) is 22.8. The molecule has 0 saturated carbocycles. The molecule has 0 bridgehead atoms. The first-order chi connectivity index (χ1) is 20.2. The normalized spacial score (nSPS) is 17.6. The molecule has 3 aliphatic heterocycles. The van der Waals surface area contributed by atoms with E-state index in [0.717, 1.165) is 62.5 Å². The van der Waals surface area contributed by atoms with Gasteiger partial charge in [-0.3, -0.25) is 14.7 Å². The van der Waals surface area contributed by atoms with Gasteiger partial charge in [0.25, 0.3) is 0 Å². The van der Waals surface area contributed by atoms with E-state index in [2.05, 4.69) is 79.7 Å². The lowest BCUT2D eigenvalue weighted by Gasteiger charge is -2.33. The molecule has 2 aromatic carbocycles. The predicted octanol–water partition coefficient (Wildman–Crippen LogP) is 5.97. The van der Waals surface area contributed by atoms with Crippen molar-refractivity contribution >= 4 is 34.9 Å². The molecule has 2 aromatic heterocycles. The Morgan fingerprint density at radius 2 is 1.73 bits per heavy atom. The summed E-state index contributed by atoms with van der Waals surface area (Å²) in [5.74, 6) is 0. The number of anilines is 2. The van der Waals surface area contributed by atoms with E-state index in [1.807, 2.05) is 24.2 Å². The highest BCUT2D eigenvalue weighted by molar-refractivity contribution is 8.05. The minimum Gasteiger partial charge on any atom is -0.382 e. The Hall–Kier alpha value is -3.24. The first-order valence-corrected chi connectivity index (χ1v) is 15.9. The number of nitrogens with one attached hydrogen (secondary N) is 2. The monoisotopic (exact) mass is 583 g/mol. The molecule has 41 heavy (non-hydrogen) atoms. The van der Waals surface area contributed by atoms with Gasteiger partial charge in [-0.15, -0.1) is 0 Å². The second-order valence-corrected chi connectivity index (χ2v) is 12.9. The van der Waals surface area contributed by atoms with Crippen LogP contribution in [-0.4, -0.2) is 60.3 Å². The smallest absolute Gasteiger partial charge is 0.250 e. The van der Waals surface area contributed by atoms with Crippen LogP contribution < -0.4 is 15.8 Å². The summed E-state index contributed by atoms with van der Waals surface area (Å²) in [7, 11) is 0. The highest BCUT2D eigenvalue weighted by Crippen LogP contribution is 2.52. The van der Waals surface area contributed by atoms with Gasteiger partial charge in [-0.25, -0.2) is 0 Å². The third-order valence-corrected chi connectivity index (χ3v) is 10.6. The highest BCUT2D eigenvalue weighted by Gasteiger charge is 2.24. The fourth-order valence-electron chi connectivity index (χ4n) is 5.80. The molecule has 7 rings (SSSR count). The summed E-state index contributed by atoms with van der Waals surface area (Å²) in [6, 6.07) is 21.6. The van der Waals surface area contributed by atoms with E-state index >= 15 is 0 Å². The molecule has 3 aliphatic rings. The van der Waals surface area contributed by atoms with Gasteiger partial charge in [-0.2, -0.15) is 0 Å². The van der Waals surface area contributed by atoms with Crippen LogP contribution in [-0.2, 0) is 11.3 Å². The van der Waals surface area contributed by atoms with Gasteiger partial charge in [-0.05, 0) is 60.9 Å². The number of benzene rings is 2. The molecule has 0 spiro atoms. The number of likely N-dealkylation sites (tertiary alicyclic amines) is 1. The van der Waals surface area contributed by atoms with Gasteiger partial charge in [0.2, 0.25) is 5.56 Å². The number of nitrogens with zero attached hydrogens (tertiary/aromatic N) is 3. The lowest BCUT2D eigenvalue weighted by molar-refractivity contribution is 0.122. The summed E-state index contributed by atoms with van der Waals surface area (Å²) in [4.78, 5) is 29.6. The van der Waals surface area contributed by atoms with E-state index < -0.39 is 0 Å². The lowest BCUT2D eigenvalue weighted by Crippen LogP contribution is -2.38. The van der Waals surface area contributed by atoms with Gasteiger partial charge in [-0.1, -0.05) is 35.7 Å². The molecule has 2 fully saturated rings. The molecule has 0 aliphatic carbocycles. The van der Waals surface area contributed by atoms with E-state index in [1.54, 1.807) is 17.8 Å². The van der Waals surface area contributed by atoms with Crippen molar-refractivity contribution in [3.63, 3.8) is 0 Å². The molecule has 2 N–H and O–H groups in total. The molecule has 0 amide bonds. The Morgan fingerprint density at radius 1 is 0.902 bits per heavy atom. The zero-order valence-corrected chi connectivity index (χ0v) is 24.5. The zero-order chi connectivity index (χ0) is 27.6. The average Bonchev–Trinajstić information content (AvgIpc) is 3.01. The van der Waals surface area contributed by atoms with E-state index in [0.29, 0.717) is 19.3 Å². The number of fused-ring (bicyclic) bond motifs is 2. The van der Waals surface area contributed by atoms with Gasteiger partial charge in [0.1, 0.15) is 0 Å². The van der Waals surface area contributed by atoms with Crippen LogP contribution in [0.4, 0.5) is 11.4 Å². The topological polar surface area (TPSA) is 73.5 Å². The number of aromatic amines is 1. The van der Waals surface area contributed by atoms with Crippen LogP contribution in [0.2, 0.25) is 0 Å². The van der Waals surface area contributed by atoms with Crippen molar-refractivity contribution in [2.24, 2.45) is 0 Å². The molecule has 7 nitrogen and oxygen atoms in total. The number of pyridine rings is 2. The predicted molar refractivity (Wildman–Crippen MR) is 166 cm³/mol.